The minimum Gasteiger partial charge on any atom is -0.494 e. The van der Waals surface area contributed by atoms with E-state index in [1.165, 1.54) is 12.8 Å². The molecule has 44 heavy (non-hydrogen) atoms. The van der Waals surface area contributed by atoms with Gasteiger partial charge in [-0.05, 0) is 79.5 Å². The number of nitrogens with one attached hydrogen (secondary N) is 1. The lowest BCUT2D eigenvalue weighted by molar-refractivity contribution is 0.0700. The van der Waals surface area contributed by atoms with Crippen LogP contribution in [0, 0.1) is 11.8 Å². The van der Waals surface area contributed by atoms with Crippen LogP contribution in [0.4, 0.5) is 11.4 Å². The van der Waals surface area contributed by atoms with E-state index in [0.717, 1.165) is 76.3 Å². The second-order valence-corrected chi connectivity index (χ2v) is 12.8. The Kier molecular flexibility index (Phi) is 6.43. The molecule has 9 heteroatoms. The first-order chi connectivity index (χ1) is 21.4. The number of aliphatic hydroxyl groups is 1. The zero-order chi connectivity index (χ0) is 30.1. The lowest BCUT2D eigenvalue weighted by Gasteiger charge is -2.27. The lowest BCUT2D eigenvalue weighted by Crippen LogP contribution is -2.41. The highest BCUT2D eigenvalue weighted by atomic mass is 16.5. The number of carbonyl (C=O) groups is 1. The molecular weight excluding hydrogens is 552 g/mol. The van der Waals surface area contributed by atoms with E-state index in [2.05, 4.69) is 38.7 Å². The molecule has 1 saturated heterocycles. The van der Waals surface area contributed by atoms with E-state index in [0.29, 0.717) is 23.1 Å². The Hall–Kier alpha value is -4.34. The highest BCUT2D eigenvalue weighted by Crippen LogP contribution is 2.41. The normalized spacial score (nSPS) is 21.1. The predicted octanol–water partition coefficient (Wildman–Crippen LogP) is 5.41. The van der Waals surface area contributed by atoms with E-state index in [-0.39, 0.29) is 24.6 Å². The second-order valence-electron chi connectivity index (χ2n) is 12.8. The molecule has 226 valence electrons. The van der Waals surface area contributed by atoms with Crippen molar-refractivity contribution in [2.24, 2.45) is 24.6 Å². The molecule has 9 nitrogen and oxygen atoms in total. The summed E-state index contributed by atoms with van der Waals surface area (Å²) >= 11 is 0. The fraction of sp³-hybridized carbons (Fsp3) is 0.371. The summed E-state index contributed by atoms with van der Waals surface area (Å²) in [6.45, 7) is 1.65. The van der Waals surface area contributed by atoms with E-state index in [4.69, 9.17) is 15.5 Å². The van der Waals surface area contributed by atoms with Crippen LogP contribution in [0.5, 0.6) is 5.75 Å². The molecule has 0 radical (unpaired) electrons. The molecular formula is C35H38N6O3. The maximum atomic E-state index is 13.7. The SMILES string of the molecule is COc1cc(C(=O)N2CC3CCC2[C@@H]3N)cc2nc(-c3cc4cccc(Nc5ccc(CO)cc5)c4n3CC3CC3)n(C)c12. The van der Waals surface area contributed by atoms with Gasteiger partial charge in [0.15, 0.2) is 5.82 Å². The third-order valence-corrected chi connectivity index (χ3v) is 10.0. The van der Waals surface area contributed by atoms with Crippen LogP contribution in [0.1, 0.15) is 41.6 Å². The molecule has 3 atom stereocenters. The summed E-state index contributed by atoms with van der Waals surface area (Å²) in [6.07, 6.45) is 4.52. The number of piperidine rings is 1. The standard InChI is InChI=1S/C35H38N6O3/c1-39-33-27(14-24(16-30(33)44-2)35(43)41-18-23-10-13-28(41)31(23)36)38-34(39)29-15-22-4-3-5-26(32(22)40(29)17-20-6-7-20)37-25-11-8-21(19-42)9-12-25/h3-5,8-9,11-12,14-16,20,23,28,31,37,42H,6-7,10,13,17-19,36H2,1-2H3/t23?,28?,31-/m1/s1. The average Bonchev–Trinajstić information content (AvgIpc) is 3.43. The quantitative estimate of drug-likeness (QED) is 0.223. The fourth-order valence-electron chi connectivity index (χ4n) is 7.47. The summed E-state index contributed by atoms with van der Waals surface area (Å²) in [7, 11) is 3.67. The number of ether oxygens (including phenoxy) is 1. The van der Waals surface area contributed by atoms with E-state index in [9.17, 15) is 9.90 Å². The number of para-hydroxylation sites is 1. The number of methoxy groups -OCH3 is 1. The summed E-state index contributed by atoms with van der Waals surface area (Å²) in [6, 6.07) is 20.4. The first-order valence-corrected chi connectivity index (χ1v) is 15.6. The van der Waals surface area contributed by atoms with Gasteiger partial charge in [-0.15, -0.1) is 0 Å². The molecule has 2 aliphatic carbocycles. The third-order valence-electron chi connectivity index (χ3n) is 10.0. The van der Waals surface area contributed by atoms with Crippen LogP contribution in [0.3, 0.4) is 0 Å². The molecule has 3 heterocycles. The number of rotatable bonds is 8. The van der Waals surface area contributed by atoms with Gasteiger partial charge >= 0.3 is 0 Å². The first-order valence-electron chi connectivity index (χ1n) is 15.6. The molecule has 2 saturated carbocycles. The van der Waals surface area contributed by atoms with Crippen LogP contribution in [0.25, 0.3) is 33.5 Å². The number of fused-ring (bicyclic) bond motifs is 4. The van der Waals surface area contributed by atoms with Gasteiger partial charge in [-0.1, -0.05) is 24.3 Å². The Bertz CT molecular complexity index is 1900. The molecule has 2 aromatic heterocycles. The maximum absolute atomic E-state index is 13.7. The molecule has 1 amide bonds. The Morgan fingerprint density at radius 1 is 1.07 bits per heavy atom. The number of nitrogens with two attached hydrogens (primary N) is 1. The molecule has 3 fully saturated rings. The topological polar surface area (TPSA) is 111 Å². The van der Waals surface area contributed by atoms with Crippen molar-refractivity contribution in [3.63, 3.8) is 0 Å². The average molecular weight is 591 g/mol. The monoisotopic (exact) mass is 590 g/mol. The number of aromatic nitrogens is 3. The van der Waals surface area contributed by atoms with Crippen LogP contribution < -0.4 is 15.8 Å². The molecule has 2 bridgehead atoms. The number of aliphatic hydroxyl groups excluding tert-OH is 1. The van der Waals surface area contributed by atoms with Gasteiger partial charge in [-0.2, -0.15) is 0 Å². The van der Waals surface area contributed by atoms with E-state index in [1.807, 2.05) is 48.3 Å². The van der Waals surface area contributed by atoms with Crippen molar-refractivity contribution < 1.29 is 14.6 Å². The number of aryl methyl sites for hydroxylation is 1. The van der Waals surface area contributed by atoms with Crippen LogP contribution in [0.2, 0.25) is 0 Å². The van der Waals surface area contributed by atoms with Gasteiger partial charge < -0.3 is 34.9 Å². The Labute approximate surface area is 256 Å². The summed E-state index contributed by atoms with van der Waals surface area (Å²) < 4.78 is 10.4. The molecule has 5 aromatic rings. The van der Waals surface area contributed by atoms with Crippen molar-refractivity contribution in [1.82, 2.24) is 19.0 Å². The summed E-state index contributed by atoms with van der Waals surface area (Å²) in [4.78, 5) is 20.9. The number of benzene rings is 3. The zero-order valence-electron chi connectivity index (χ0n) is 25.2. The molecule has 8 rings (SSSR count). The Balaban J connectivity index is 1.23. The van der Waals surface area contributed by atoms with Gasteiger partial charge in [0.2, 0.25) is 0 Å². The van der Waals surface area contributed by atoms with Gasteiger partial charge in [0.1, 0.15) is 11.3 Å². The predicted molar refractivity (Wildman–Crippen MR) is 172 cm³/mol. The summed E-state index contributed by atoms with van der Waals surface area (Å²) in [5, 5.41) is 14.2. The van der Waals surface area contributed by atoms with Gasteiger partial charge in [0.05, 0.1) is 36.1 Å². The lowest BCUT2D eigenvalue weighted by atomic mass is 10.1. The Morgan fingerprint density at radius 2 is 1.89 bits per heavy atom. The van der Waals surface area contributed by atoms with Crippen molar-refractivity contribution in [3.8, 4) is 17.3 Å². The van der Waals surface area contributed by atoms with Crippen molar-refractivity contribution in [2.45, 2.75) is 50.9 Å². The number of anilines is 2. The number of hydrogen-bond acceptors (Lipinski definition) is 6. The van der Waals surface area contributed by atoms with Crippen molar-refractivity contribution in [1.29, 1.82) is 0 Å². The van der Waals surface area contributed by atoms with Gasteiger partial charge in [0.25, 0.3) is 5.91 Å². The highest BCUT2D eigenvalue weighted by Gasteiger charge is 2.47. The molecule has 3 aromatic carbocycles. The minimum absolute atomic E-state index is 0.00522. The van der Waals surface area contributed by atoms with E-state index < -0.39 is 0 Å². The zero-order valence-corrected chi connectivity index (χ0v) is 25.2. The van der Waals surface area contributed by atoms with Gasteiger partial charge in [-0.25, -0.2) is 4.98 Å². The maximum Gasteiger partial charge on any atom is 0.254 e. The molecule has 1 aliphatic heterocycles. The summed E-state index contributed by atoms with van der Waals surface area (Å²) in [5.41, 5.74) is 13.7. The van der Waals surface area contributed by atoms with Crippen molar-refractivity contribution in [2.75, 3.05) is 19.0 Å². The third kappa shape index (κ3) is 4.37. The number of likely N-dealkylation sites (tertiary alicyclic amines) is 1. The molecule has 4 N–H and O–H groups in total. The molecule has 0 spiro atoms. The van der Waals surface area contributed by atoms with Crippen molar-refractivity contribution >= 4 is 39.2 Å². The Morgan fingerprint density at radius 3 is 2.57 bits per heavy atom. The number of hydrogen-bond donors (Lipinski definition) is 3. The molecule has 3 aliphatic rings. The van der Waals surface area contributed by atoms with Crippen LogP contribution in [-0.4, -0.2) is 55.8 Å². The minimum atomic E-state index is 0.00522. The number of amides is 1. The van der Waals surface area contributed by atoms with Crippen LogP contribution >= 0.6 is 0 Å². The van der Waals surface area contributed by atoms with Gasteiger partial charge in [0, 0.05) is 48.9 Å². The number of imidazole rings is 1. The largest absolute Gasteiger partial charge is 0.494 e. The van der Waals surface area contributed by atoms with Crippen LogP contribution in [0.15, 0.2) is 60.7 Å². The first kappa shape index (κ1) is 27.2. The van der Waals surface area contributed by atoms with Crippen molar-refractivity contribution in [3.05, 3.63) is 71.8 Å². The van der Waals surface area contributed by atoms with Gasteiger partial charge in [-0.3, -0.25) is 4.79 Å². The smallest absolute Gasteiger partial charge is 0.254 e. The second kappa shape index (κ2) is 10.4. The molecule has 2 unspecified atom stereocenters. The number of nitrogens with zero attached hydrogens (tertiary/aromatic N) is 4. The highest BCUT2D eigenvalue weighted by molar-refractivity contribution is 6.01. The number of carbonyl (C=O) groups excluding carboxylic acids is 1. The van der Waals surface area contributed by atoms with E-state index >= 15 is 0 Å². The fourth-order valence-corrected chi connectivity index (χ4v) is 7.47. The summed E-state index contributed by atoms with van der Waals surface area (Å²) in [5.74, 6) is 2.51. The van der Waals surface area contributed by atoms with E-state index in [1.54, 1.807) is 7.11 Å². The van der Waals surface area contributed by atoms with Crippen LogP contribution in [-0.2, 0) is 20.2 Å².